The predicted molar refractivity (Wildman–Crippen MR) is 143 cm³/mol. The van der Waals surface area contributed by atoms with Crippen molar-refractivity contribution in [2.75, 3.05) is 26.3 Å². The zero-order chi connectivity index (χ0) is 26.5. The molecular weight excluding hydrogens is 503 g/mol. The zero-order valence-electron chi connectivity index (χ0n) is 21.1. The van der Waals surface area contributed by atoms with E-state index in [0.29, 0.717) is 42.1 Å². The fraction of sp³-hybridized carbons (Fsp3) is 0.481. The number of halogens is 2. The van der Waals surface area contributed by atoms with Crippen LogP contribution in [0.3, 0.4) is 0 Å². The largest absolute Gasteiger partial charge is 0.492 e. The number of carbonyl (C=O) groups is 2. The number of carboxylic acid groups (broad SMARTS) is 1. The first kappa shape index (κ1) is 29.7. The maximum Gasteiger partial charge on any atom is 0.333 e. The molecule has 7 nitrogen and oxygen atoms in total. The highest BCUT2D eigenvalue weighted by molar-refractivity contribution is 6.34. The Morgan fingerprint density at radius 3 is 2.28 bits per heavy atom. The third-order valence-electron chi connectivity index (χ3n) is 5.70. The maximum absolute atomic E-state index is 12.8. The fourth-order valence-electron chi connectivity index (χ4n) is 3.58. The van der Waals surface area contributed by atoms with Crippen LogP contribution in [0.1, 0.15) is 44.7 Å². The van der Waals surface area contributed by atoms with Gasteiger partial charge < -0.3 is 24.8 Å². The van der Waals surface area contributed by atoms with Crippen LogP contribution >= 0.6 is 23.2 Å². The van der Waals surface area contributed by atoms with Crippen LogP contribution in [-0.4, -0.2) is 60.5 Å². The first-order valence-corrected chi connectivity index (χ1v) is 13.0. The average molecular weight is 540 g/mol. The van der Waals surface area contributed by atoms with E-state index in [1.165, 1.54) is 0 Å². The molecule has 0 heterocycles. The van der Waals surface area contributed by atoms with Crippen molar-refractivity contribution in [3.05, 3.63) is 63.6 Å². The second kappa shape index (κ2) is 15.6. The van der Waals surface area contributed by atoms with Crippen molar-refractivity contribution in [3.8, 4) is 5.75 Å². The van der Waals surface area contributed by atoms with E-state index in [1.807, 2.05) is 38.1 Å². The zero-order valence-corrected chi connectivity index (χ0v) is 22.6. The molecule has 0 saturated carbocycles. The Morgan fingerprint density at radius 1 is 1.03 bits per heavy atom. The van der Waals surface area contributed by atoms with Gasteiger partial charge in [0, 0.05) is 35.7 Å². The second-order valence-corrected chi connectivity index (χ2v) is 9.48. The average Bonchev–Trinajstić information content (AvgIpc) is 2.83. The lowest BCUT2D eigenvalue weighted by molar-refractivity contribution is -0.149. The highest BCUT2D eigenvalue weighted by Gasteiger charge is 2.18. The lowest BCUT2D eigenvalue weighted by atomic mass is 10.1. The number of amides is 2. The van der Waals surface area contributed by atoms with Crippen LogP contribution in [0, 0.1) is 0 Å². The van der Waals surface area contributed by atoms with Crippen LogP contribution in [-0.2, 0) is 22.4 Å². The van der Waals surface area contributed by atoms with E-state index in [-0.39, 0.29) is 18.5 Å². The summed E-state index contributed by atoms with van der Waals surface area (Å²) in [6.07, 6.45) is 1.75. The molecule has 0 radical (unpaired) electrons. The number of aliphatic carboxylic acids is 1. The van der Waals surface area contributed by atoms with Gasteiger partial charge in [0.15, 0.2) is 6.10 Å². The third kappa shape index (κ3) is 10.6. The number of aryl methyl sites for hydroxylation is 1. The number of carboxylic acids is 1. The summed E-state index contributed by atoms with van der Waals surface area (Å²) >= 11 is 12.2. The summed E-state index contributed by atoms with van der Waals surface area (Å²) in [7, 11) is 0. The molecule has 2 aromatic carbocycles. The molecule has 0 aromatic heterocycles. The number of hydrogen-bond acceptors (Lipinski definition) is 4. The van der Waals surface area contributed by atoms with Gasteiger partial charge in [-0.3, -0.25) is 0 Å². The molecule has 36 heavy (non-hydrogen) atoms. The summed E-state index contributed by atoms with van der Waals surface area (Å²) in [5.74, 6) is -0.329. The number of nitrogens with zero attached hydrogens (tertiary/aromatic N) is 1. The van der Waals surface area contributed by atoms with Crippen molar-refractivity contribution < 1.29 is 24.2 Å². The van der Waals surface area contributed by atoms with E-state index in [9.17, 15) is 14.7 Å². The van der Waals surface area contributed by atoms with Gasteiger partial charge >= 0.3 is 12.0 Å². The number of carbonyl (C=O) groups excluding carboxylic acids is 1. The Labute approximate surface area is 223 Å². The molecule has 2 atom stereocenters. The Kier molecular flexibility index (Phi) is 12.9. The van der Waals surface area contributed by atoms with Crippen molar-refractivity contribution >= 4 is 35.2 Å². The molecule has 198 valence electrons. The molecule has 9 heteroatoms. The number of rotatable bonds is 15. The first-order chi connectivity index (χ1) is 17.2. The van der Waals surface area contributed by atoms with Gasteiger partial charge in [-0.15, -0.1) is 0 Å². The SMILES string of the molecule is CCOC(Cc1ccc(OCCN(CCCc2cc(Cl)cc(Cl)c2)C(=O)NC(C)CC)cc1)C(=O)O. The van der Waals surface area contributed by atoms with E-state index in [0.717, 1.165) is 30.4 Å². The maximum atomic E-state index is 12.8. The molecule has 0 fully saturated rings. The topological polar surface area (TPSA) is 88.1 Å². The molecule has 2 N–H and O–H groups in total. The van der Waals surface area contributed by atoms with Crippen LogP contribution in [0.25, 0.3) is 0 Å². The van der Waals surface area contributed by atoms with E-state index in [1.54, 1.807) is 30.0 Å². The Bertz CT molecular complexity index is 951. The molecule has 0 saturated heterocycles. The summed E-state index contributed by atoms with van der Waals surface area (Å²) in [5.41, 5.74) is 1.87. The van der Waals surface area contributed by atoms with E-state index >= 15 is 0 Å². The van der Waals surface area contributed by atoms with Crippen LogP contribution in [0.5, 0.6) is 5.75 Å². The van der Waals surface area contributed by atoms with Crippen LogP contribution in [0.2, 0.25) is 10.0 Å². The fourth-order valence-corrected chi connectivity index (χ4v) is 4.15. The minimum atomic E-state index is -0.980. The number of nitrogens with one attached hydrogen (secondary N) is 1. The van der Waals surface area contributed by atoms with E-state index in [4.69, 9.17) is 32.7 Å². The normalized spacial score (nSPS) is 12.6. The Morgan fingerprint density at radius 2 is 1.69 bits per heavy atom. The minimum absolute atomic E-state index is 0.0755. The smallest absolute Gasteiger partial charge is 0.333 e. The van der Waals surface area contributed by atoms with Gasteiger partial charge in [-0.1, -0.05) is 42.3 Å². The van der Waals surface area contributed by atoms with Crippen LogP contribution < -0.4 is 10.1 Å². The van der Waals surface area contributed by atoms with Crippen molar-refractivity contribution in [2.45, 2.75) is 58.6 Å². The summed E-state index contributed by atoms with van der Waals surface area (Å²) in [6, 6.07) is 12.7. The van der Waals surface area contributed by atoms with Gasteiger partial charge in [0.1, 0.15) is 12.4 Å². The highest BCUT2D eigenvalue weighted by atomic mass is 35.5. The number of ether oxygens (including phenoxy) is 2. The first-order valence-electron chi connectivity index (χ1n) is 12.3. The van der Waals surface area contributed by atoms with Gasteiger partial charge in [-0.2, -0.15) is 0 Å². The Balaban J connectivity index is 1.91. The Hall–Kier alpha value is -2.48. The van der Waals surface area contributed by atoms with Gasteiger partial charge in [-0.05, 0) is 74.6 Å². The molecule has 0 spiro atoms. The van der Waals surface area contributed by atoms with E-state index < -0.39 is 12.1 Å². The summed E-state index contributed by atoms with van der Waals surface area (Å²) in [6.45, 7) is 7.42. The number of benzene rings is 2. The molecule has 0 aliphatic carbocycles. The van der Waals surface area contributed by atoms with Gasteiger partial charge in [0.05, 0.1) is 6.54 Å². The van der Waals surface area contributed by atoms with Crippen molar-refractivity contribution in [3.63, 3.8) is 0 Å². The molecule has 2 aromatic rings. The molecule has 0 aliphatic rings. The molecule has 0 aliphatic heterocycles. The molecule has 0 bridgehead atoms. The lowest BCUT2D eigenvalue weighted by Gasteiger charge is -2.25. The molecule has 2 unspecified atom stereocenters. The number of urea groups is 1. The summed E-state index contributed by atoms with van der Waals surface area (Å²) in [4.78, 5) is 25.9. The molecule has 2 rings (SSSR count). The van der Waals surface area contributed by atoms with Gasteiger partial charge in [0.2, 0.25) is 0 Å². The summed E-state index contributed by atoms with van der Waals surface area (Å²) in [5, 5.41) is 13.5. The quantitative estimate of drug-likeness (QED) is 0.297. The third-order valence-corrected chi connectivity index (χ3v) is 6.14. The molecular formula is C27H36Cl2N2O5. The van der Waals surface area contributed by atoms with Crippen molar-refractivity contribution in [1.82, 2.24) is 10.2 Å². The van der Waals surface area contributed by atoms with Crippen molar-refractivity contribution in [1.29, 1.82) is 0 Å². The van der Waals surface area contributed by atoms with Crippen LogP contribution in [0.15, 0.2) is 42.5 Å². The van der Waals surface area contributed by atoms with Gasteiger partial charge in [-0.25, -0.2) is 9.59 Å². The highest BCUT2D eigenvalue weighted by Crippen LogP contribution is 2.20. The van der Waals surface area contributed by atoms with Crippen LogP contribution in [0.4, 0.5) is 4.79 Å². The number of hydrogen-bond donors (Lipinski definition) is 2. The standard InChI is InChI=1S/C27H36Cl2N2O5/c1-4-19(3)30-27(34)31(12-6-7-21-15-22(28)18-23(29)16-21)13-14-36-24-10-8-20(9-11-24)17-25(26(32)33)35-5-2/h8-11,15-16,18-19,25H,4-7,12-14,17H2,1-3H3,(H,30,34)(H,32,33). The monoisotopic (exact) mass is 538 g/mol. The lowest BCUT2D eigenvalue weighted by Crippen LogP contribution is -2.45. The second-order valence-electron chi connectivity index (χ2n) is 8.61. The predicted octanol–water partition coefficient (Wildman–Crippen LogP) is 5.85. The van der Waals surface area contributed by atoms with Crippen molar-refractivity contribution in [2.24, 2.45) is 0 Å². The molecule has 2 amide bonds. The van der Waals surface area contributed by atoms with Gasteiger partial charge in [0.25, 0.3) is 0 Å². The summed E-state index contributed by atoms with van der Waals surface area (Å²) < 4.78 is 11.1. The minimum Gasteiger partial charge on any atom is -0.492 e. The van der Waals surface area contributed by atoms with E-state index in [2.05, 4.69) is 5.32 Å².